The molecule has 1 aromatic rings. The highest BCUT2D eigenvalue weighted by Gasteiger charge is 2.35. The van der Waals surface area contributed by atoms with E-state index in [0.717, 1.165) is 63.6 Å². The van der Waals surface area contributed by atoms with Gasteiger partial charge < -0.3 is 5.32 Å². The Balaban J connectivity index is 0.00000144. The summed E-state index contributed by atoms with van der Waals surface area (Å²) in [4.78, 5) is 2.12. The van der Waals surface area contributed by atoms with Crippen LogP contribution in [0.2, 0.25) is 0 Å². The Morgan fingerprint density at radius 2 is 1.75 bits per heavy atom. The molecule has 0 bridgehead atoms. The Labute approximate surface area is 151 Å². The molecular formula is C16H22Cl2F4N2. The number of hydrogen-bond donors (Lipinski definition) is 1. The average Bonchev–Trinajstić information content (AvgIpc) is 3.29. The van der Waals surface area contributed by atoms with Crippen molar-refractivity contribution in [3.63, 3.8) is 0 Å². The minimum absolute atomic E-state index is 0. The van der Waals surface area contributed by atoms with Crippen LogP contribution in [0, 0.1) is 11.7 Å². The van der Waals surface area contributed by atoms with Crippen LogP contribution < -0.4 is 5.32 Å². The van der Waals surface area contributed by atoms with E-state index in [1.54, 1.807) is 0 Å². The zero-order chi connectivity index (χ0) is 15.7. The molecule has 8 heteroatoms. The topological polar surface area (TPSA) is 15.3 Å². The predicted molar refractivity (Wildman–Crippen MR) is 90.4 cm³/mol. The van der Waals surface area contributed by atoms with Gasteiger partial charge in [0.15, 0.2) is 0 Å². The number of nitrogens with one attached hydrogen (secondary N) is 1. The molecule has 138 valence electrons. The first kappa shape index (κ1) is 21.5. The minimum atomic E-state index is -4.43. The quantitative estimate of drug-likeness (QED) is 0.767. The van der Waals surface area contributed by atoms with E-state index in [9.17, 15) is 17.6 Å². The zero-order valence-electron chi connectivity index (χ0n) is 13.1. The van der Waals surface area contributed by atoms with Crippen LogP contribution >= 0.6 is 24.8 Å². The van der Waals surface area contributed by atoms with Crippen LogP contribution in [0.4, 0.5) is 17.6 Å². The van der Waals surface area contributed by atoms with Crippen molar-refractivity contribution < 1.29 is 17.6 Å². The molecule has 0 unspecified atom stereocenters. The molecule has 1 N–H and O–H groups in total. The van der Waals surface area contributed by atoms with E-state index in [-0.39, 0.29) is 36.4 Å². The molecule has 2 aliphatic rings. The van der Waals surface area contributed by atoms with E-state index in [1.807, 2.05) is 0 Å². The summed E-state index contributed by atoms with van der Waals surface area (Å²) in [6, 6.07) is 2.53. The Kier molecular flexibility index (Phi) is 7.78. The molecule has 1 aliphatic carbocycles. The molecule has 1 saturated carbocycles. The highest BCUT2D eigenvalue weighted by molar-refractivity contribution is 5.85. The maximum Gasteiger partial charge on any atom is 0.416 e. The molecule has 24 heavy (non-hydrogen) atoms. The first-order valence-corrected chi connectivity index (χ1v) is 7.76. The number of halogens is 6. The van der Waals surface area contributed by atoms with Crippen LogP contribution in [0.15, 0.2) is 18.2 Å². The molecule has 1 aliphatic heterocycles. The number of benzene rings is 1. The molecule has 0 spiro atoms. The Morgan fingerprint density at radius 3 is 2.29 bits per heavy atom. The third-order valence-electron chi connectivity index (χ3n) is 4.53. The second-order valence-electron chi connectivity index (χ2n) is 6.21. The maximum atomic E-state index is 14.2. The summed E-state index contributed by atoms with van der Waals surface area (Å²) in [6.45, 7) is 3.07. The largest absolute Gasteiger partial charge is 0.416 e. The summed E-state index contributed by atoms with van der Waals surface area (Å²) in [5.74, 6) is -0.00832. The van der Waals surface area contributed by atoms with Gasteiger partial charge in [0.05, 0.1) is 5.56 Å². The van der Waals surface area contributed by atoms with Gasteiger partial charge in [-0.15, -0.1) is 24.8 Å². The van der Waals surface area contributed by atoms with E-state index >= 15 is 0 Å². The summed E-state index contributed by atoms with van der Waals surface area (Å²) < 4.78 is 53.0. The number of rotatable bonds is 4. The van der Waals surface area contributed by atoms with Gasteiger partial charge in [-0.25, -0.2) is 4.39 Å². The van der Waals surface area contributed by atoms with Crippen molar-refractivity contribution in [3.8, 4) is 0 Å². The molecular weight excluding hydrogens is 367 g/mol. The molecule has 0 amide bonds. The monoisotopic (exact) mass is 388 g/mol. The van der Waals surface area contributed by atoms with Gasteiger partial charge in [0.25, 0.3) is 0 Å². The average molecular weight is 389 g/mol. The van der Waals surface area contributed by atoms with Crippen LogP contribution in [-0.4, -0.2) is 31.1 Å². The van der Waals surface area contributed by atoms with Crippen molar-refractivity contribution in [2.45, 2.75) is 31.5 Å². The van der Waals surface area contributed by atoms with Crippen molar-refractivity contribution in [3.05, 3.63) is 35.1 Å². The third kappa shape index (κ3) is 5.22. The van der Waals surface area contributed by atoms with Crippen molar-refractivity contribution in [2.75, 3.05) is 26.2 Å². The summed E-state index contributed by atoms with van der Waals surface area (Å²) in [5, 5.41) is 3.22. The molecule has 0 aromatic heterocycles. The second-order valence-corrected chi connectivity index (χ2v) is 6.21. The first-order valence-electron chi connectivity index (χ1n) is 7.76. The van der Waals surface area contributed by atoms with Crippen molar-refractivity contribution in [2.24, 2.45) is 5.92 Å². The van der Waals surface area contributed by atoms with E-state index in [4.69, 9.17) is 0 Å². The summed E-state index contributed by atoms with van der Waals surface area (Å²) in [7, 11) is 0. The van der Waals surface area contributed by atoms with E-state index in [1.165, 1.54) is 0 Å². The number of nitrogens with zero attached hydrogens (tertiary/aromatic N) is 1. The minimum Gasteiger partial charge on any atom is -0.314 e. The van der Waals surface area contributed by atoms with Crippen LogP contribution in [-0.2, 0) is 6.18 Å². The summed E-state index contributed by atoms with van der Waals surface area (Å²) in [6.07, 6.45) is -1.49. The van der Waals surface area contributed by atoms with Gasteiger partial charge in [0.2, 0.25) is 0 Å². The van der Waals surface area contributed by atoms with Gasteiger partial charge in [0, 0.05) is 37.8 Å². The fraction of sp³-hybridized carbons (Fsp3) is 0.625. The molecule has 1 saturated heterocycles. The Bertz CT molecular complexity index is 529. The van der Waals surface area contributed by atoms with E-state index in [0.29, 0.717) is 5.92 Å². The maximum absolute atomic E-state index is 14.2. The molecule has 3 rings (SSSR count). The van der Waals surface area contributed by atoms with Crippen molar-refractivity contribution in [1.82, 2.24) is 10.2 Å². The van der Waals surface area contributed by atoms with Crippen LogP contribution in [0.5, 0.6) is 0 Å². The molecule has 2 fully saturated rings. The molecule has 1 heterocycles. The highest BCUT2D eigenvalue weighted by Crippen LogP contribution is 2.42. The zero-order valence-corrected chi connectivity index (χ0v) is 14.7. The summed E-state index contributed by atoms with van der Waals surface area (Å²) >= 11 is 0. The molecule has 0 radical (unpaired) electrons. The van der Waals surface area contributed by atoms with Gasteiger partial charge in [0.1, 0.15) is 5.82 Å². The lowest BCUT2D eigenvalue weighted by Crippen LogP contribution is -2.45. The van der Waals surface area contributed by atoms with Gasteiger partial charge in [-0.3, -0.25) is 4.90 Å². The lowest BCUT2D eigenvalue weighted by Gasteiger charge is -2.35. The van der Waals surface area contributed by atoms with Crippen LogP contribution in [0.3, 0.4) is 0 Å². The lowest BCUT2D eigenvalue weighted by molar-refractivity contribution is -0.137. The van der Waals surface area contributed by atoms with Crippen molar-refractivity contribution in [1.29, 1.82) is 0 Å². The van der Waals surface area contributed by atoms with Gasteiger partial charge in [-0.2, -0.15) is 13.2 Å². The highest BCUT2D eigenvalue weighted by atomic mass is 35.5. The fourth-order valence-corrected chi connectivity index (χ4v) is 3.11. The SMILES string of the molecule is Cl.Cl.Fc1ccc(C(F)(F)F)cc1[C@@H](CC1CC1)N1CCNCC1. The summed E-state index contributed by atoms with van der Waals surface area (Å²) in [5.41, 5.74) is -0.566. The predicted octanol–water partition coefficient (Wildman–Crippen LogP) is 4.43. The molecule has 1 atom stereocenters. The number of hydrogen-bond acceptors (Lipinski definition) is 2. The van der Waals surface area contributed by atoms with E-state index in [2.05, 4.69) is 10.2 Å². The third-order valence-corrected chi connectivity index (χ3v) is 4.53. The van der Waals surface area contributed by atoms with Gasteiger partial charge in [-0.1, -0.05) is 12.8 Å². The van der Waals surface area contributed by atoms with Crippen LogP contribution in [0.1, 0.15) is 36.4 Å². The standard InChI is InChI=1S/C16H20F4N2.2ClH/c17-14-4-3-12(16(18,19)20)10-13(14)15(9-11-1-2-11)22-7-5-21-6-8-22;;/h3-4,10-11,15,21H,1-2,5-9H2;2*1H/t15-;;/m1../s1. The fourth-order valence-electron chi connectivity index (χ4n) is 3.11. The van der Waals surface area contributed by atoms with Crippen LogP contribution in [0.25, 0.3) is 0 Å². The number of piperazine rings is 1. The Morgan fingerprint density at radius 1 is 1.12 bits per heavy atom. The lowest BCUT2D eigenvalue weighted by atomic mass is 9.96. The van der Waals surface area contributed by atoms with E-state index < -0.39 is 17.6 Å². The first-order chi connectivity index (χ1) is 10.4. The normalized spacial score (nSPS) is 20.0. The van der Waals surface area contributed by atoms with Gasteiger partial charge in [-0.05, 0) is 30.5 Å². The Hall–Kier alpha value is -0.560. The smallest absolute Gasteiger partial charge is 0.314 e. The molecule has 2 nitrogen and oxygen atoms in total. The van der Waals surface area contributed by atoms with Gasteiger partial charge >= 0.3 is 6.18 Å². The van der Waals surface area contributed by atoms with Crippen molar-refractivity contribution >= 4 is 24.8 Å². The second kappa shape index (κ2) is 8.70. The number of alkyl halides is 3. The molecule has 1 aromatic carbocycles.